The van der Waals surface area contributed by atoms with Crippen molar-refractivity contribution in [2.75, 3.05) is 0 Å². The van der Waals surface area contributed by atoms with Crippen LogP contribution in [0, 0.1) is 0 Å². The van der Waals surface area contributed by atoms with Gasteiger partial charge in [-0.3, -0.25) is 0 Å². The molecule has 0 radical (unpaired) electrons. The fourth-order valence-corrected chi connectivity index (χ4v) is 10.6. The van der Waals surface area contributed by atoms with Crippen LogP contribution in [0.15, 0.2) is 109 Å². The molecule has 0 fully saturated rings. The fraction of sp³-hybridized carbons (Fsp3) is 0.320. The Labute approximate surface area is 336 Å². The summed E-state index contributed by atoms with van der Waals surface area (Å²) in [5, 5.41) is 4.12. The number of benzene rings is 6. The number of rotatable bonds is 4. The van der Waals surface area contributed by atoms with Crippen LogP contribution in [0.3, 0.4) is 0 Å². The van der Waals surface area contributed by atoms with E-state index in [9.17, 15) is 0 Å². The summed E-state index contributed by atoms with van der Waals surface area (Å²) in [5.41, 5.74) is 9.11. The normalized spacial score (nSPS) is 16.5. The maximum atomic E-state index is 7.25. The summed E-state index contributed by atoms with van der Waals surface area (Å²) in [6, 6.07) is 38.9. The molecule has 2 heterocycles. The minimum Gasteiger partial charge on any atom is -0.434 e. The van der Waals surface area contributed by atoms with Crippen LogP contribution in [0.25, 0.3) is 33.0 Å². The highest BCUT2D eigenvalue weighted by Crippen LogP contribution is 2.58. The first-order valence-electron chi connectivity index (χ1n) is 19.7. The maximum Gasteiger partial charge on any atom is 0.326 e. The molecule has 6 aromatic rings. The molecular weight excluding hydrogens is 726 g/mol. The largest absolute Gasteiger partial charge is 0.434 e. The van der Waals surface area contributed by atoms with Gasteiger partial charge in [-0.25, -0.2) is 0 Å². The molecule has 2 atom stereocenters. The molecule has 0 spiro atoms. The zero-order valence-electron chi connectivity index (χ0n) is 34.9. The van der Waals surface area contributed by atoms with Gasteiger partial charge in [0.15, 0.2) is 11.5 Å². The van der Waals surface area contributed by atoms with Crippen molar-refractivity contribution < 1.29 is 18.1 Å². The molecule has 0 amide bonds. The second-order valence-corrected chi connectivity index (χ2v) is 22.1. The molecule has 288 valence electrons. The Hall–Kier alpha value is -4.36. The van der Waals surface area contributed by atoms with E-state index >= 15 is 0 Å². The Morgan fingerprint density at radius 1 is 0.429 bits per heavy atom. The Balaban J connectivity index is 1.25. The van der Waals surface area contributed by atoms with Gasteiger partial charge in [-0.05, 0) is 79.6 Å². The fourth-order valence-electron chi connectivity index (χ4n) is 7.52. The highest BCUT2D eigenvalue weighted by atomic mass is 31.2. The summed E-state index contributed by atoms with van der Waals surface area (Å²) in [5.74, 6) is 3.08. The Morgan fingerprint density at radius 3 is 1.36 bits per heavy atom. The van der Waals surface area contributed by atoms with Gasteiger partial charge in [0, 0.05) is 27.6 Å². The van der Waals surface area contributed by atoms with Crippen LogP contribution < -0.4 is 28.7 Å². The van der Waals surface area contributed by atoms with Gasteiger partial charge in [0.05, 0.1) is 10.6 Å². The number of fused-ring (bicyclic) bond motifs is 7. The van der Waals surface area contributed by atoms with Crippen LogP contribution in [0.2, 0.25) is 0 Å². The van der Waals surface area contributed by atoms with E-state index in [1.807, 2.05) is 6.07 Å². The summed E-state index contributed by atoms with van der Waals surface area (Å²) in [4.78, 5) is 0. The van der Waals surface area contributed by atoms with Crippen LogP contribution in [-0.4, -0.2) is 0 Å². The van der Waals surface area contributed by atoms with Crippen molar-refractivity contribution in [2.24, 2.45) is 0 Å². The third kappa shape index (κ3) is 6.99. The molecule has 0 aliphatic carbocycles. The van der Waals surface area contributed by atoms with Crippen LogP contribution in [0.1, 0.15) is 105 Å². The topological polar surface area (TPSA) is 36.9 Å². The van der Waals surface area contributed by atoms with E-state index < -0.39 is 16.8 Å². The quantitative estimate of drug-likeness (QED) is 0.167. The minimum atomic E-state index is -1.61. The van der Waals surface area contributed by atoms with E-state index in [0.717, 1.165) is 55.1 Å². The second-order valence-electron chi connectivity index (χ2n) is 19.3. The standard InChI is InChI=1S/C50H54O4P2/c1-47(2,3)32-27-37-35-21-15-17-23-42(35)55(52-44(37)39(29-32)49(7,8)9)51-41-26-25-31-19-13-14-20-34(31)46(41)54-56-43-24-18-16-22-36(43)38-28-33(48(4,5)6)30-40(45(38)53-56)50(10,11)12/h13-30H,1-12H3. The first-order chi connectivity index (χ1) is 26.3. The van der Waals surface area contributed by atoms with Gasteiger partial charge >= 0.3 is 16.8 Å². The van der Waals surface area contributed by atoms with E-state index in [1.165, 1.54) is 22.3 Å². The summed E-state index contributed by atoms with van der Waals surface area (Å²) in [6.45, 7) is 27.2. The molecule has 0 N–H and O–H groups in total. The van der Waals surface area contributed by atoms with Gasteiger partial charge in [0.1, 0.15) is 11.5 Å². The summed E-state index contributed by atoms with van der Waals surface area (Å²) < 4.78 is 28.6. The minimum absolute atomic E-state index is 0.0232. The van der Waals surface area contributed by atoms with Crippen molar-refractivity contribution in [3.63, 3.8) is 0 Å². The van der Waals surface area contributed by atoms with Crippen LogP contribution >= 0.6 is 16.8 Å². The molecule has 2 aliphatic rings. The molecule has 0 aromatic heterocycles. The van der Waals surface area contributed by atoms with Crippen molar-refractivity contribution in [3.8, 4) is 45.3 Å². The van der Waals surface area contributed by atoms with Crippen molar-refractivity contribution >= 4 is 38.1 Å². The van der Waals surface area contributed by atoms with Crippen molar-refractivity contribution in [1.29, 1.82) is 0 Å². The lowest BCUT2D eigenvalue weighted by Crippen LogP contribution is -2.24. The van der Waals surface area contributed by atoms with Crippen LogP contribution in [-0.2, 0) is 21.7 Å². The summed E-state index contributed by atoms with van der Waals surface area (Å²) >= 11 is 0. The second kappa shape index (κ2) is 13.6. The smallest absolute Gasteiger partial charge is 0.326 e. The zero-order valence-corrected chi connectivity index (χ0v) is 36.7. The maximum absolute atomic E-state index is 7.25. The summed E-state index contributed by atoms with van der Waals surface area (Å²) in [7, 11) is -3.20. The molecule has 2 aliphatic heterocycles. The number of hydrogen-bond acceptors (Lipinski definition) is 4. The summed E-state index contributed by atoms with van der Waals surface area (Å²) in [6.07, 6.45) is 0. The van der Waals surface area contributed by atoms with Crippen molar-refractivity contribution in [3.05, 3.63) is 131 Å². The average Bonchev–Trinajstić information content (AvgIpc) is 3.13. The highest BCUT2D eigenvalue weighted by Gasteiger charge is 2.38. The molecule has 6 aromatic carbocycles. The molecule has 56 heavy (non-hydrogen) atoms. The molecule has 0 bridgehead atoms. The van der Waals surface area contributed by atoms with Gasteiger partial charge in [0.2, 0.25) is 0 Å². The Bertz CT molecular complexity index is 2490. The predicted octanol–water partition coefficient (Wildman–Crippen LogP) is 14.2. The highest BCUT2D eigenvalue weighted by molar-refractivity contribution is 7.57. The van der Waals surface area contributed by atoms with E-state index in [-0.39, 0.29) is 21.7 Å². The SMILES string of the molecule is CC(C)(C)c1cc2c(c(C(C)(C)C)c1)OP(Oc1ccc3ccccc3c1OP1Oc3c(cc(C(C)(C)C)cc3C(C)(C)C)-c3ccccc31)c1ccccc1-2. The van der Waals surface area contributed by atoms with E-state index in [1.54, 1.807) is 0 Å². The van der Waals surface area contributed by atoms with Crippen molar-refractivity contribution in [2.45, 2.75) is 105 Å². The monoisotopic (exact) mass is 780 g/mol. The van der Waals surface area contributed by atoms with E-state index in [2.05, 4.69) is 186 Å². The van der Waals surface area contributed by atoms with Crippen molar-refractivity contribution in [1.82, 2.24) is 0 Å². The van der Waals surface area contributed by atoms with Gasteiger partial charge < -0.3 is 18.1 Å². The molecule has 4 nitrogen and oxygen atoms in total. The van der Waals surface area contributed by atoms with E-state index in [4.69, 9.17) is 18.1 Å². The average molecular weight is 781 g/mol. The molecular formula is C50H54O4P2. The van der Waals surface area contributed by atoms with Gasteiger partial charge in [-0.2, -0.15) is 0 Å². The van der Waals surface area contributed by atoms with Gasteiger partial charge in [-0.15, -0.1) is 0 Å². The lowest BCUT2D eigenvalue weighted by atomic mass is 9.78. The predicted molar refractivity (Wildman–Crippen MR) is 238 cm³/mol. The Morgan fingerprint density at radius 2 is 0.875 bits per heavy atom. The third-order valence-electron chi connectivity index (χ3n) is 10.9. The van der Waals surface area contributed by atoms with Crippen LogP contribution in [0.5, 0.6) is 23.0 Å². The molecule has 2 unspecified atom stereocenters. The lowest BCUT2D eigenvalue weighted by molar-refractivity contribution is 0.451. The lowest BCUT2D eigenvalue weighted by Gasteiger charge is -2.35. The number of hydrogen-bond donors (Lipinski definition) is 0. The first kappa shape index (κ1) is 38.5. The molecule has 8 rings (SSSR count). The zero-order chi connectivity index (χ0) is 39.9. The van der Waals surface area contributed by atoms with E-state index in [0.29, 0.717) is 11.5 Å². The molecule has 6 heteroatoms. The first-order valence-corrected chi connectivity index (χ1v) is 22.1. The van der Waals surface area contributed by atoms with Gasteiger partial charge in [0.25, 0.3) is 0 Å². The molecule has 0 saturated heterocycles. The molecule has 0 saturated carbocycles. The van der Waals surface area contributed by atoms with Gasteiger partial charge in [-0.1, -0.05) is 162 Å². The van der Waals surface area contributed by atoms with Crippen LogP contribution in [0.4, 0.5) is 0 Å². The Kier molecular flexibility index (Phi) is 9.38. The third-order valence-corrected chi connectivity index (χ3v) is 13.8.